The van der Waals surface area contributed by atoms with E-state index in [0.717, 1.165) is 38.4 Å². The summed E-state index contributed by atoms with van der Waals surface area (Å²) in [6.45, 7) is 10.1. The molecule has 1 aliphatic rings. The van der Waals surface area contributed by atoms with Gasteiger partial charge in [-0.1, -0.05) is 26.0 Å². The lowest BCUT2D eigenvalue weighted by atomic mass is 9.94. The first-order valence-corrected chi connectivity index (χ1v) is 9.94. The van der Waals surface area contributed by atoms with E-state index in [0.29, 0.717) is 17.3 Å². The molecule has 3 rings (SSSR count). The van der Waals surface area contributed by atoms with E-state index in [2.05, 4.69) is 29.4 Å². The third-order valence-electron chi connectivity index (χ3n) is 5.95. The molecule has 0 amide bonds. The summed E-state index contributed by atoms with van der Waals surface area (Å²) in [7, 11) is 0. The van der Waals surface area contributed by atoms with E-state index in [-0.39, 0.29) is 11.6 Å². The van der Waals surface area contributed by atoms with Crippen LogP contribution in [0.1, 0.15) is 70.0 Å². The average molecular weight is 396 g/mol. The van der Waals surface area contributed by atoms with Crippen LogP contribution in [0.25, 0.3) is 0 Å². The highest BCUT2D eigenvalue weighted by Gasteiger charge is 2.38. The zero-order valence-corrected chi connectivity index (χ0v) is 16.9. The monoisotopic (exact) mass is 396 g/mol. The van der Waals surface area contributed by atoms with Crippen LogP contribution >= 0.6 is 0 Å². The summed E-state index contributed by atoms with van der Waals surface area (Å²) in [6.07, 6.45) is -1.37. The van der Waals surface area contributed by atoms with Crippen molar-refractivity contribution < 1.29 is 18.1 Å². The number of hydrogen-bond acceptors (Lipinski definition) is 3. The number of likely N-dealkylation sites (tertiary alicyclic amines) is 1. The van der Waals surface area contributed by atoms with Gasteiger partial charge < -0.3 is 4.90 Å². The Balaban J connectivity index is 2.11. The van der Waals surface area contributed by atoms with Gasteiger partial charge in [0.25, 0.3) is 0 Å². The Morgan fingerprint density at radius 1 is 1.29 bits per heavy atom. The second-order valence-corrected chi connectivity index (χ2v) is 8.53. The number of piperidine rings is 1. The molecule has 0 bridgehead atoms. The molecule has 0 radical (unpaired) electrons. The molecule has 28 heavy (non-hydrogen) atoms. The van der Waals surface area contributed by atoms with Gasteiger partial charge in [-0.3, -0.25) is 0 Å². The van der Waals surface area contributed by atoms with Crippen molar-refractivity contribution in [1.82, 2.24) is 20.2 Å². The highest BCUT2D eigenvalue weighted by atomic mass is 19.4. The summed E-state index contributed by atoms with van der Waals surface area (Å²) in [5.41, 5.74) is -0.338. The van der Waals surface area contributed by atoms with Crippen LogP contribution in [0, 0.1) is 5.92 Å². The normalized spacial score (nSPS) is 22.2. The number of nitrogens with zero attached hydrogens (tertiary/aromatic N) is 4. The van der Waals surface area contributed by atoms with Gasteiger partial charge in [0.15, 0.2) is 6.04 Å². The summed E-state index contributed by atoms with van der Waals surface area (Å²) in [5.74, 6) is 1.15. The van der Waals surface area contributed by atoms with Crippen LogP contribution in [-0.2, 0) is 11.7 Å². The van der Waals surface area contributed by atoms with Gasteiger partial charge in [0.05, 0.1) is 24.2 Å². The lowest BCUT2D eigenvalue weighted by Gasteiger charge is -2.35. The third kappa shape index (κ3) is 4.21. The standard InChI is InChI=1S/C20H28F3N5/c1-5-19(3,4)28-18(24-25-26-28)17(27-11-7-8-14(2)13-27)15-9-6-10-16(12-15)20(21,22)23/h6,9-10,12,14,17H,5,7-8,11,13H2,1-4H3/p+1/t14-,17-/m0/s1. The van der Waals surface area contributed by atoms with Crippen LogP contribution in [0.4, 0.5) is 13.2 Å². The number of halogens is 3. The number of quaternary nitrogens is 1. The number of benzene rings is 1. The van der Waals surface area contributed by atoms with Gasteiger partial charge in [0.2, 0.25) is 5.82 Å². The first kappa shape index (κ1) is 20.8. The van der Waals surface area contributed by atoms with E-state index >= 15 is 0 Å². The van der Waals surface area contributed by atoms with E-state index in [1.807, 2.05) is 13.8 Å². The minimum absolute atomic E-state index is 0.320. The minimum atomic E-state index is -4.38. The molecular formula is C20H29F3N5+. The van der Waals surface area contributed by atoms with Crippen LogP contribution in [0.3, 0.4) is 0 Å². The van der Waals surface area contributed by atoms with Crippen molar-refractivity contribution in [2.24, 2.45) is 5.92 Å². The molecule has 1 aliphatic heterocycles. The van der Waals surface area contributed by atoms with E-state index in [1.54, 1.807) is 10.7 Å². The van der Waals surface area contributed by atoms with Crippen molar-refractivity contribution >= 4 is 0 Å². The molecule has 1 saturated heterocycles. The number of rotatable bonds is 5. The molecule has 0 spiro atoms. The highest BCUT2D eigenvalue weighted by molar-refractivity contribution is 5.30. The van der Waals surface area contributed by atoms with E-state index < -0.39 is 11.7 Å². The molecule has 1 aromatic carbocycles. The zero-order chi connectivity index (χ0) is 20.5. The number of nitrogens with one attached hydrogen (secondary N) is 1. The van der Waals surface area contributed by atoms with Gasteiger partial charge in [0.1, 0.15) is 0 Å². The van der Waals surface area contributed by atoms with Crippen molar-refractivity contribution in [1.29, 1.82) is 0 Å². The Morgan fingerprint density at radius 3 is 2.68 bits per heavy atom. The van der Waals surface area contributed by atoms with Crippen LogP contribution in [-0.4, -0.2) is 33.3 Å². The molecule has 8 heteroatoms. The fourth-order valence-electron chi connectivity index (χ4n) is 4.01. The maximum Gasteiger partial charge on any atom is 0.416 e. The van der Waals surface area contributed by atoms with Gasteiger partial charge >= 0.3 is 6.18 Å². The van der Waals surface area contributed by atoms with Crippen molar-refractivity contribution in [3.63, 3.8) is 0 Å². The summed E-state index contributed by atoms with van der Waals surface area (Å²) in [6, 6.07) is 5.30. The van der Waals surface area contributed by atoms with Crippen LogP contribution in [0.15, 0.2) is 24.3 Å². The molecule has 1 N–H and O–H groups in total. The molecule has 0 aliphatic carbocycles. The molecule has 1 unspecified atom stereocenters. The summed E-state index contributed by atoms with van der Waals surface area (Å²) in [4.78, 5) is 1.22. The molecule has 3 atom stereocenters. The minimum Gasteiger partial charge on any atom is -0.322 e. The fraction of sp³-hybridized carbons (Fsp3) is 0.650. The predicted molar refractivity (Wildman–Crippen MR) is 99.8 cm³/mol. The Labute approximate surface area is 163 Å². The lowest BCUT2D eigenvalue weighted by molar-refractivity contribution is -0.934. The largest absolute Gasteiger partial charge is 0.416 e. The van der Waals surface area contributed by atoms with Crippen molar-refractivity contribution in [2.45, 2.75) is 64.7 Å². The second-order valence-electron chi connectivity index (χ2n) is 8.53. The second kappa shape index (κ2) is 7.81. The van der Waals surface area contributed by atoms with Gasteiger partial charge in [0, 0.05) is 11.5 Å². The first-order valence-electron chi connectivity index (χ1n) is 9.94. The van der Waals surface area contributed by atoms with Gasteiger partial charge in [-0.15, -0.1) is 5.10 Å². The summed E-state index contributed by atoms with van der Waals surface area (Å²) in [5, 5.41) is 12.4. The molecule has 2 aromatic rings. The molecular weight excluding hydrogens is 367 g/mol. The van der Waals surface area contributed by atoms with Gasteiger partial charge in [-0.05, 0) is 55.7 Å². The Hall–Kier alpha value is -1.96. The maximum atomic E-state index is 13.3. The average Bonchev–Trinajstić information content (AvgIpc) is 3.12. The van der Waals surface area contributed by atoms with Gasteiger partial charge in [-0.25, -0.2) is 4.68 Å². The van der Waals surface area contributed by atoms with Crippen LogP contribution in [0.2, 0.25) is 0 Å². The smallest absolute Gasteiger partial charge is 0.322 e. The molecule has 154 valence electrons. The van der Waals surface area contributed by atoms with E-state index in [1.165, 1.54) is 17.0 Å². The van der Waals surface area contributed by atoms with Gasteiger partial charge in [-0.2, -0.15) is 13.2 Å². The fourth-order valence-corrected chi connectivity index (χ4v) is 4.01. The topological polar surface area (TPSA) is 48.0 Å². The van der Waals surface area contributed by atoms with E-state index in [4.69, 9.17) is 0 Å². The molecule has 1 fully saturated rings. The van der Waals surface area contributed by atoms with Crippen molar-refractivity contribution in [3.05, 3.63) is 41.2 Å². The Morgan fingerprint density at radius 2 is 2.04 bits per heavy atom. The Kier molecular flexibility index (Phi) is 5.79. The zero-order valence-electron chi connectivity index (χ0n) is 16.9. The number of alkyl halides is 3. The molecule has 2 heterocycles. The lowest BCUT2D eigenvalue weighted by Crippen LogP contribution is -3.14. The number of aromatic nitrogens is 4. The maximum absolute atomic E-state index is 13.3. The first-order chi connectivity index (χ1) is 13.1. The van der Waals surface area contributed by atoms with Crippen LogP contribution in [0.5, 0.6) is 0 Å². The predicted octanol–water partition coefficient (Wildman–Crippen LogP) is 3.24. The number of hydrogen-bond donors (Lipinski definition) is 1. The summed E-state index contributed by atoms with van der Waals surface area (Å²) < 4.78 is 41.8. The molecule has 0 saturated carbocycles. The number of tetrazole rings is 1. The van der Waals surface area contributed by atoms with Crippen molar-refractivity contribution in [2.75, 3.05) is 13.1 Å². The summed E-state index contributed by atoms with van der Waals surface area (Å²) >= 11 is 0. The van der Waals surface area contributed by atoms with Crippen LogP contribution < -0.4 is 4.90 Å². The third-order valence-corrected chi connectivity index (χ3v) is 5.95. The molecule has 5 nitrogen and oxygen atoms in total. The van der Waals surface area contributed by atoms with Crippen molar-refractivity contribution in [3.8, 4) is 0 Å². The Bertz CT molecular complexity index is 799. The van der Waals surface area contributed by atoms with E-state index in [9.17, 15) is 13.2 Å². The molecule has 1 aromatic heterocycles. The highest BCUT2D eigenvalue weighted by Crippen LogP contribution is 2.32. The quantitative estimate of drug-likeness (QED) is 0.844. The SMILES string of the molecule is CCC(C)(C)n1nnnc1[C@H](c1cccc(C(F)(F)F)c1)[NH+]1CCC[C@H](C)C1.